The molecule has 128 valence electrons. The third kappa shape index (κ3) is 3.16. The summed E-state index contributed by atoms with van der Waals surface area (Å²) < 4.78 is 5.26. The van der Waals surface area contributed by atoms with Gasteiger partial charge >= 0.3 is 0 Å². The lowest BCUT2D eigenvalue weighted by molar-refractivity contribution is 0.0619. The normalized spacial score (nSPS) is 18.0. The SMILES string of the molecule is Cc1onc(-c2c(Cl)cccc2Cl)c1C(=O)N1CCCC(CO)C1. The zero-order chi connectivity index (χ0) is 17.3. The highest BCUT2D eigenvalue weighted by molar-refractivity contribution is 6.39. The van der Waals surface area contributed by atoms with Crippen LogP contribution in [0, 0.1) is 12.8 Å². The predicted molar refractivity (Wildman–Crippen MR) is 92.4 cm³/mol. The lowest BCUT2D eigenvalue weighted by atomic mass is 9.97. The largest absolute Gasteiger partial charge is 0.396 e. The second kappa shape index (κ2) is 7.13. The molecule has 5 nitrogen and oxygen atoms in total. The maximum atomic E-state index is 13.0. The highest BCUT2D eigenvalue weighted by Gasteiger charge is 2.30. The lowest BCUT2D eigenvalue weighted by Crippen LogP contribution is -2.41. The highest BCUT2D eigenvalue weighted by Crippen LogP contribution is 2.37. The number of benzene rings is 1. The Morgan fingerprint density at radius 3 is 2.79 bits per heavy atom. The quantitative estimate of drug-likeness (QED) is 0.894. The van der Waals surface area contributed by atoms with Gasteiger partial charge in [-0.15, -0.1) is 0 Å². The summed E-state index contributed by atoms with van der Waals surface area (Å²) in [4.78, 5) is 14.8. The molecule has 0 aliphatic carbocycles. The van der Waals surface area contributed by atoms with Gasteiger partial charge in [-0.3, -0.25) is 4.79 Å². The first-order valence-corrected chi connectivity index (χ1v) is 8.59. The van der Waals surface area contributed by atoms with E-state index in [9.17, 15) is 9.90 Å². The van der Waals surface area contributed by atoms with Crippen molar-refractivity contribution in [3.05, 3.63) is 39.6 Å². The molecule has 1 saturated heterocycles. The molecule has 1 N–H and O–H groups in total. The van der Waals surface area contributed by atoms with Crippen LogP contribution in [0.2, 0.25) is 10.0 Å². The Labute approximate surface area is 150 Å². The van der Waals surface area contributed by atoms with E-state index < -0.39 is 0 Å². The molecule has 7 heteroatoms. The number of aliphatic hydroxyl groups is 1. The number of rotatable bonds is 3. The van der Waals surface area contributed by atoms with Gasteiger partial charge in [0.1, 0.15) is 17.0 Å². The molecular weight excluding hydrogens is 351 g/mol. The first kappa shape index (κ1) is 17.3. The average molecular weight is 369 g/mol. The summed E-state index contributed by atoms with van der Waals surface area (Å²) in [5.74, 6) is 0.366. The van der Waals surface area contributed by atoms with Gasteiger partial charge in [0.25, 0.3) is 5.91 Å². The Hall–Kier alpha value is -1.56. The molecule has 3 rings (SSSR count). The number of carbonyl (C=O) groups is 1. The smallest absolute Gasteiger partial charge is 0.259 e. The van der Waals surface area contributed by atoms with E-state index in [-0.39, 0.29) is 18.4 Å². The Bertz CT molecular complexity index is 740. The number of aryl methyl sites for hydroxylation is 1. The summed E-state index contributed by atoms with van der Waals surface area (Å²) in [7, 11) is 0. The van der Waals surface area contributed by atoms with Crippen molar-refractivity contribution in [1.82, 2.24) is 10.1 Å². The van der Waals surface area contributed by atoms with E-state index in [1.807, 2.05) is 0 Å². The van der Waals surface area contributed by atoms with Crippen molar-refractivity contribution in [1.29, 1.82) is 0 Å². The van der Waals surface area contributed by atoms with Crippen LogP contribution in [0.15, 0.2) is 22.7 Å². The first-order chi connectivity index (χ1) is 11.5. The minimum Gasteiger partial charge on any atom is -0.396 e. The third-order valence-corrected chi connectivity index (χ3v) is 4.97. The zero-order valence-corrected chi connectivity index (χ0v) is 14.8. The number of nitrogens with zero attached hydrogens (tertiary/aromatic N) is 2. The molecule has 1 aliphatic heterocycles. The summed E-state index contributed by atoms with van der Waals surface area (Å²) in [6.45, 7) is 2.95. The fourth-order valence-electron chi connectivity index (χ4n) is 3.08. The molecule has 2 heterocycles. The van der Waals surface area contributed by atoms with E-state index in [2.05, 4.69) is 5.16 Å². The van der Waals surface area contributed by atoms with Crippen molar-refractivity contribution >= 4 is 29.1 Å². The maximum absolute atomic E-state index is 13.0. The monoisotopic (exact) mass is 368 g/mol. The summed E-state index contributed by atoms with van der Waals surface area (Å²) in [5.41, 5.74) is 1.24. The Morgan fingerprint density at radius 1 is 1.42 bits per heavy atom. The second-order valence-corrected chi connectivity index (χ2v) is 6.82. The molecule has 24 heavy (non-hydrogen) atoms. The highest BCUT2D eigenvalue weighted by atomic mass is 35.5. The number of piperidine rings is 1. The van der Waals surface area contributed by atoms with Gasteiger partial charge in [0.05, 0.1) is 10.0 Å². The fraction of sp³-hybridized carbons (Fsp3) is 0.412. The molecule has 1 fully saturated rings. The third-order valence-electron chi connectivity index (χ3n) is 4.34. The number of carbonyl (C=O) groups excluding carboxylic acids is 1. The topological polar surface area (TPSA) is 66.6 Å². The molecule has 0 radical (unpaired) electrons. The molecule has 0 bridgehead atoms. The van der Waals surface area contributed by atoms with Crippen LogP contribution < -0.4 is 0 Å². The Balaban J connectivity index is 2.00. The second-order valence-electron chi connectivity index (χ2n) is 6.00. The van der Waals surface area contributed by atoms with Gasteiger partial charge < -0.3 is 14.5 Å². The maximum Gasteiger partial charge on any atom is 0.259 e. The van der Waals surface area contributed by atoms with Gasteiger partial charge in [-0.2, -0.15) is 0 Å². The van der Waals surface area contributed by atoms with Crippen molar-refractivity contribution < 1.29 is 14.4 Å². The number of halogens is 2. The Morgan fingerprint density at radius 2 is 2.12 bits per heavy atom. The van der Waals surface area contributed by atoms with E-state index in [4.69, 9.17) is 27.7 Å². The van der Waals surface area contributed by atoms with Crippen molar-refractivity contribution in [2.45, 2.75) is 19.8 Å². The van der Waals surface area contributed by atoms with Gasteiger partial charge in [0.15, 0.2) is 0 Å². The van der Waals surface area contributed by atoms with Crippen LogP contribution >= 0.6 is 23.2 Å². The number of amides is 1. The zero-order valence-electron chi connectivity index (χ0n) is 13.3. The summed E-state index contributed by atoms with van der Waals surface area (Å²) in [5, 5.41) is 14.2. The van der Waals surface area contributed by atoms with Crippen LogP contribution in [0.5, 0.6) is 0 Å². The molecule has 1 unspecified atom stereocenters. The number of hydrogen-bond acceptors (Lipinski definition) is 4. The Kier molecular flexibility index (Phi) is 5.13. The summed E-state index contributed by atoms with van der Waals surface area (Å²) in [6.07, 6.45) is 1.79. The molecule has 1 aromatic carbocycles. The van der Waals surface area contributed by atoms with Crippen LogP contribution in [0.1, 0.15) is 29.0 Å². The molecule has 1 amide bonds. The minimum absolute atomic E-state index is 0.0790. The molecular formula is C17H18Cl2N2O3. The first-order valence-electron chi connectivity index (χ1n) is 7.83. The molecule has 1 aromatic heterocycles. The fourth-order valence-corrected chi connectivity index (χ4v) is 3.65. The van der Waals surface area contributed by atoms with Crippen LogP contribution in [-0.2, 0) is 0 Å². The summed E-state index contributed by atoms with van der Waals surface area (Å²) in [6, 6.07) is 5.13. The molecule has 1 aliphatic rings. The molecule has 0 spiro atoms. The van der Waals surface area contributed by atoms with Gasteiger partial charge in [-0.05, 0) is 37.8 Å². The standard InChI is InChI=1S/C17H18Cl2N2O3/c1-10-14(17(23)21-7-3-4-11(8-21)9-22)16(20-24-10)15-12(18)5-2-6-13(15)19/h2,5-6,11,22H,3-4,7-9H2,1H3. The van der Waals surface area contributed by atoms with E-state index in [1.165, 1.54) is 0 Å². The number of aromatic nitrogens is 1. The lowest BCUT2D eigenvalue weighted by Gasteiger charge is -2.31. The minimum atomic E-state index is -0.169. The van der Waals surface area contributed by atoms with Crippen LogP contribution in [0.25, 0.3) is 11.3 Å². The van der Waals surface area contributed by atoms with Crippen LogP contribution in [0.3, 0.4) is 0 Å². The summed E-state index contributed by atoms with van der Waals surface area (Å²) >= 11 is 12.5. The van der Waals surface area contributed by atoms with E-state index in [0.29, 0.717) is 45.7 Å². The number of aliphatic hydroxyl groups excluding tert-OH is 1. The molecule has 2 aromatic rings. The molecule has 0 saturated carbocycles. The van der Waals surface area contributed by atoms with E-state index >= 15 is 0 Å². The van der Waals surface area contributed by atoms with E-state index in [1.54, 1.807) is 30.0 Å². The van der Waals surface area contributed by atoms with Crippen molar-refractivity contribution in [2.75, 3.05) is 19.7 Å². The van der Waals surface area contributed by atoms with Crippen molar-refractivity contribution in [3.63, 3.8) is 0 Å². The molecule has 1 atom stereocenters. The van der Waals surface area contributed by atoms with Gasteiger partial charge in [-0.1, -0.05) is 34.4 Å². The van der Waals surface area contributed by atoms with Crippen molar-refractivity contribution in [2.24, 2.45) is 5.92 Å². The van der Waals surface area contributed by atoms with E-state index in [0.717, 1.165) is 12.8 Å². The average Bonchev–Trinajstić information content (AvgIpc) is 2.95. The van der Waals surface area contributed by atoms with Gasteiger partial charge in [0.2, 0.25) is 0 Å². The van der Waals surface area contributed by atoms with Crippen LogP contribution in [-0.4, -0.2) is 40.8 Å². The van der Waals surface area contributed by atoms with Gasteiger partial charge in [-0.25, -0.2) is 0 Å². The number of likely N-dealkylation sites (tertiary alicyclic amines) is 1. The van der Waals surface area contributed by atoms with Crippen molar-refractivity contribution in [3.8, 4) is 11.3 Å². The van der Waals surface area contributed by atoms with Crippen LogP contribution in [0.4, 0.5) is 0 Å². The number of hydrogen-bond donors (Lipinski definition) is 1. The predicted octanol–water partition coefficient (Wildman–Crippen LogP) is 3.80. The van der Waals surface area contributed by atoms with Gasteiger partial charge in [0, 0.05) is 25.3 Å².